The zero-order valence-electron chi connectivity index (χ0n) is 6.82. The molecule has 0 aliphatic rings. The number of hydrogen-bond donors (Lipinski definition) is 0. The summed E-state index contributed by atoms with van der Waals surface area (Å²) >= 11 is 0. The van der Waals surface area contributed by atoms with Crippen molar-refractivity contribution in [3.63, 3.8) is 0 Å². The number of terminal acetylenes is 2. The van der Waals surface area contributed by atoms with Crippen LogP contribution in [0.25, 0.3) is 0 Å². The Kier molecular flexibility index (Phi) is 7.76. The molecule has 0 fully saturated rings. The minimum atomic E-state index is -0.976. The van der Waals surface area contributed by atoms with E-state index in [4.69, 9.17) is 21.9 Å². The lowest BCUT2D eigenvalue weighted by atomic mass is 10.8. The summed E-state index contributed by atoms with van der Waals surface area (Å²) in [5, 5.41) is 0. The average molecular weight is 182 g/mol. The van der Waals surface area contributed by atoms with Crippen molar-refractivity contribution >= 4 is 8.38 Å². The average Bonchev–Trinajstić information content (AvgIpc) is 2.10. The van der Waals surface area contributed by atoms with Gasteiger partial charge in [-0.25, -0.2) is 0 Å². The van der Waals surface area contributed by atoms with Gasteiger partial charge in [0.1, 0.15) is 13.2 Å². The molecule has 0 aromatic carbocycles. The number of hydrogen-bond acceptors (Lipinski definition) is 2. The Balaban J connectivity index is 3.64. The molecule has 0 radical (unpaired) electrons. The van der Waals surface area contributed by atoms with Crippen molar-refractivity contribution in [1.82, 2.24) is 0 Å². The molecule has 0 rings (SSSR count). The van der Waals surface area contributed by atoms with Crippen LogP contribution in [0.5, 0.6) is 0 Å². The SMILES string of the molecule is C#CCOP(CC=C)OCC#C. The van der Waals surface area contributed by atoms with Crippen molar-refractivity contribution in [3.8, 4) is 24.7 Å². The van der Waals surface area contributed by atoms with Crippen LogP contribution >= 0.6 is 8.38 Å². The van der Waals surface area contributed by atoms with Gasteiger partial charge < -0.3 is 9.05 Å². The van der Waals surface area contributed by atoms with Crippen molar-refractivity contribution < 1.29 is 9.05 Å². The Labute approximate surface area is 74.9 Å². The normalized spacial score (nSPS) is 8.92. The van der Waals surface area contributed by atoms with Gasteiger partial charge in [0.15, 0.2) is 8.38 Å². The quantitative estimate of drug-likeness (QED) is 0.354. The molecular formula is C9H11O2P. The zero-order valence-corrected chi connectivity index (χ0v) is 7.72. The highest BCUT2D eigenvalue weighted by Crippen LogP contribution is 2.37. The van der Waals surface area contributed by atoms with Crippen LogP contribution in [0.3, 0.4) is 0 Å². The molecule has 64 valence electrons. The summed E-state index contributed by atoms with van der Waals surface area (Å²) in [4.78, 5) is 0. The molecule has 0 aliphatic carbocycles. The second-order valence-electron chi connectivity index (χ2n) is 1.76. The third kappa shape index (κ3) is 5.96. The van der Waals surface area contributed by atoms with Gasteiger partial charge in [-0.3, -0.25) is 0 Å². The predicted molar refractivity (Wildman–Crippen MR) is 51.6 cm³/mol. The minimum absolute atomic E-state index is 0.254. The van der Waals surface area contributed by atoms with Crippen LogP contribution < -0.4 is 0 Å². The van der Waals surface area contributed by atoms with E-state index in [2.05, 4.69) is 18.4 Å². The lowest BCUT2D eigenvalue weighted by Gasteiger charge is -2.11. The maximum atomic E-state index is 5.17. The monoisotopic (exact) mass is 182 g/mol. The van der Waals surface area contributed by atoms with Gasteiger partial charge in [-0.1, -0.05) is 17.9 Å². The third-order valence-electron chi connectivity index (χ3n) is 0.862. The van der Waals surface area contributed by atoms with Gasteiger partial charge >= 0.3 is 0 Å². The molecule has 3 heteroatoms. The summed E-state index contributed by atoms with van der Waals surface area (Å²) < 4.78 is 10.3. The van der Waals surface area contributed by atoms with Crippen molar-refractivity contribution in [2.45, 2.75) is 0 Å². The third-order valence-corrected chi connectivity index (χ3v) is 2.25. The molecule has 0 atom stereocenters. The smallest absolute Gasteiger partial charge is 0.176 e. The standard InChI is InChI=1S/C9H11O2P/c1-4-7-10-12(9-6-3)11-8-5-2/h1-2,6H,3,7-9H2. The van der Waals surface area contributed by atoms with Gasteiger partial charge in [0.2, 0.25) is 0 Å². The molecule has 0 heterocycles. The fraction of sp³-hybridized carbons (Fsp3) is 0.333. The molecule has 0 bridgehead atoms. The topological polar surface area (TPSA) is 18.5 Å². The Morgan fingerprint density at radius 2 is 1.75 bits per heavy atom. The van der Waals surface area contributed by atoms with Crippen molar-refractivity contribution in [3.05, 3.63) is 12.7 Å². The number of rotatable bonds is 6. The molecule has 0 unspecified atom stereocenters. The van der Waals surface area contributed by atoms with E-state index in [1.54, 1.807) is 6.08 Å². The van der Waals surface area contributed by atoms with Crippen molar-refractivity contribution in [2.75, 3.05) is 19.4 Å². The van der Waals surface area contributed by atoms with Gasteiger partial charge in [-0.15, -0.1) is 19.4 Å². The highest BCUT2D eigenvalue weighted by Gasteiger charge is 2.05. The summed E-state index contributed by atoms with van der Waals surface area (Å²) in [5.74, 6) is 4.72. The lowest BCUT2D eigenvalue weighted by molar-refractivity contribution is 0.299. The molecule has 0 N–H and O–H groups in total. The van der Waals surface area contributed by atoms with E-state index in [1.807, 2.05) is 0 Å². The maximum Gasteiger partial charge on any atom is 0.176 e. The van der Waals surface area contributed by atoms with Crippen LogP contribution in [0.1, 0.15) is 0 Å². The van der Waals surface area contributed by atoms with Crippen molar-refractivity contribution in [1.29, 1.82) is 0 Å². The van der Waals surface area contributed by atoms with E-state index in [0.717, 1.165) is 0 Å². The molecular weight excluding hydrogens is 171 g/mol. The second kappa shape index (κ2) is 8.31. The van der Waals surface area contributed by atoms with Gasteiger partial charge in [0.05, 0.1) is 0 Å². The summed E-state index contributed by atoms with van der Waals surface area (Å²) in [6, 6.07) is 0. The van der Waals surface area contributed by atoms with Gasteiger partial charge in [-0.2, -0.15) is 0 Å². The molecule has 0 aliphatic heterocycles. The molecule has 0 amide bonds. The zero-order chi connectivity index (χ0) is 9.23. The Morgan fingerprint density at radius 3 is 2.08 bits per heavy atom. The highest BCUT2D eigenvalue weighted by molar-refractivity contribution is 7.47. The predicted octanol–water partition coefficient (Wildman–Crippen LogP) is 1.78. The van der Waals surface area contributed by atoms with Crippen LogP contribution in [0.4, 0.5) is 0 Å². The van der Waals surface area contributed by atoms with Crippen molar-refractivity contribution in [2.24, 2.45) is 0 Å². The highest BCUT2D eigenvalue weighted by atomic mass is 31.2. The Hall–Kier alpha value is -0.790. The first-order chi connectivity index (χ1) is 5.85. The van der Waals surface area contributed by atoms with E-state index in [9.17, 15) is 0 Å². The van der Waals surface area contributed by atoms with E-state index < -0.39 is 8.38 Å². The Bertz CT molecular complexity index is 182. The molecule has 2 nitrogen and oxygen atoms in total. The fourth-order valence-corrected chi connectivity index (χ4v) is 1.40. The van der Waals surface area contributed by atoms with E-state index in [1.165, 1.54) is 0 Å². The molecule has 0 aromatic rings. The first-order valence-electron chi connectivity index (χ1n) is 3.36. The number of allylic oxidation sites excluding steroid dienone is 1. The van der Waals surface area contributed by atoms with E-state index in [-0.39, 0.29) is 13.2 Å². The maximum absolute atomic E-state index is 5.17. The van der Waals surface area contributed by atoms with Gasteiger partial charge in [0.25, 0.3) is 0 Å². The van der Waals surface area contributed by atoms with Crippen LogP contribution in [-0.4, -0.2) is 19.4 Å². The summed E-state index contributed by atoms with van der Waals surface area (Å²) in [6.07, 6.45) is 12.4. The van der Waals surface area contributed by atoms with Crippen LogP contribution in [0, 0.1) is 24.7 Å². The first kappa shape index (κ1) is 11.2. The van der Waals surface area contributed by atoms with Crippen LogP contribution in [0.2, 0.25) is 0 Å². The second-order valence-corrected chi connectivity index (χ2v) is 3.31. The lowest BCUT2D eigenvalue weighted by Crippen LogP contribution is -1.94. The summed E-state index contributed by atoms with van der Waals surface area (Å²) in [7, 11) is -0.976. The van der Waals surface area contributed by atoms with Gasteiger partial charge in [-0.05, 0) is 0 Å². The largest absolute Gasteiger partial charge is 0.321 e. The molecule has 0 saturated carbocycles. The Morgan fingerprint density at radius 1 is 1.25 bits per heavy atom. The van der Waals surface area contributed by atoms with Gasteiger partial charge in [0, 0.05) is 6.16 Å². The van der Waals surface area contributed by atoms with E-state index in [0.29, 0.717) is 6.16 Å². The first-order valence-corrected chi connectivity index (χ1v) is 4.72. The molecule has 0 saturated heterocycles. The molecule has 0 aromatic heterocycles. The minimum Gasteiger partial charge on any atom is -0.321 e. The summed E-state index contributed by atoms with van der Waals surface area (Å²) in [5.41, 5.74) is 0. The molecule has 0 spiro atoms. The van der Waals surface area contributed by atoms with Crippen LogP contribution in [-0.2, 0) is 9.05 Å². The summed E-state index contributed by atoms with van der Waals surface area (Å²) in [6.45, 7) is 4.08. The molecule has 12 heavy (non-hydrogen) atoms. The van der Waals surface area contributed by atoms with Crippen LogP contribution in [0.15, 0.2) is 12.7 Å². The fourth-order valence-electron chi connectivity index (χ4n) is 0.467. The van der Waals surface area contributed by atoms with E-state index >= 15 is 0 Å².